The van der Waals surface area contributed by atoms with E-state index < -0.39 is 11.5 Å². The second kappa shape index (κ2) is 7.21. The average molecular weight is 358 g/mol. The number of carbonyl (C=O) groups is 2. The fraction of sp³-hybridized carbons (Fsp3) is 0.368. The van der Waals surface area contributed by atoms with Gasteiger partial charge in [0.25, 0.3) is 0 Å². The van der Waals surface area contributed by atoms with Crippen molar-refractivity contribution in [1.29, 1.82) is 0 Å². The topological polar surface area (TPSA) is 92.0 Å². The number of anilines is 1. The highest BCUT2D eigenvalue weighted by Gasteiger charge is 2.36. The monoisotopic (exact) mass is 358 g/mol. The van der Waals surface area contributed by atoms with Crippen LogP contribution in [0.2, 0.25) is 0 Å². The normalized spacial score (nSPS) is 19.3. The lowest BCUT2D eigenvalue weighted by atomic mass is 10.0. The van der Waals surface area contributed by atoms with Crippen LogP contribution < -0.4 is 15.0 Å². The lowest BCUT2D eigenvalue weighted by Crippen LogP contribution is -2.41. The van der Waals surface area contributed by atoms with Gasteiger partial charge in [0.2, 0.25) is 11.8 Å². The van der Waals surface area contributed by atoms with E-state index in [4.69, 9.17) is 9.15 Å². The van der Waals surface area contributed by atoms with E-state index >= 15 is 0 Å². The molecule has 2 heterocycles. The third-order valence-corrected chi connectivity index (χ3v) is 4.52. The van der Waals surface area contributed by atoms with E-state index in [0.717, 1.165) is 0 Å². The van der Waals surface area contributed by atoms with E-state index in [1.807, 2.05) is 6.07 Å². The second-order valence-electron chi connectivity index (χ2n) is 6.58. The average Bonchev–Trinajstić information content (AvgIpc) is 3.30. The molecule has 0 aliphatic carbocycles. The van der Waals surface area contributed by atoms with Gasteiger partial charge in [-0.2, -0.15) is 0 Å². The van der Waals surface area contributed by atoms with Gasteiger partial charge in [0.05, 0.1) is 25.8 Å². The van der Waals surface area contributed by atoms with Crippen LogP contribution in [0, 0.1) is 5.92 Å². The Morgan fingerprint density at radius 1 is 1.42 bits per heavy atom. The van der Waals surface area contributed by atoms with Crippen molar-refractivity contribution in [3.63, 3.8) is 0 Å². The molecule has 1 fully saturated rings. The number of hydrogen-bond acceptors (Lipinski definition) is 5. The molecule has 1 aromatic heterocycles. The molecule has 26 heavy (non-hydrogen) atoms. The van der Waals surface area contributed by atoms with Gasteiger partial charge in [-0.05, 0) is 31.2 Å². The summed E-state index contributed by atoms with van der Waals surface area (Å²) in [4.78, 5) is 26.3. The molecule has 1 aliphatic heterocycles. The van der Waals surface area contributed by atoms with Gasteiger partial charge in [0.15, 0.2) is 0 Å². The minimum absolute atomic E-state index is 0.00317. The molecule has 7 heteroatoms. The number of rotatable bonds is 6. The summed E-state index contributed by atoms with van der Waals surface area (Å²) < 4.78 is 10.4. The molecule has 2 amide bonds. The number of ether oxygens (including phenoxy) is 1. The Kier molecular flexibility index (Phi) is 4.99. The molecule has 7 nitrogen and oxygen atoms in total. The molecule has 0 unspecified atom stereocenters. The van der Waals surface area contributed by atoms with E-state index in [0.29, 0.717) is 23.7 Å². The number of hydrogen-bond donors (Lipinski definition) is 2. The van der Waals surface area contributed by atoms with Crippen LogP contribution in [0.25, 0.3) is 0 Å². The van der Waals surface area contributed by atoms with E-state index in [1.165, 1.54) is 6.26 Å². The highest BCUT2D eigenvalue weighted by molar-refractivity contribution is 6.00. The van der Waals surface area contributed by atoms with E-state index in [2.05, 4.69) is 5.32 Å². The molecule has 0 saturated carbocycles. The Labute approximate surface area is 151 Å². The van der Waals surface area contributed by atoms with Crippen LogP contribution >= 0.6 is 0 Å². The first kappa shape index (κ1) is 18.0. The molecule has 1 aromatic carbocycles. The number of methoxy groups -OCH3 is 1. The molecule has 2 atom stereocenters. The maximum atomic E-state index is 12.5. The van der Waals surface area contributed by atoms with Crippen molar-refractivity contribution in [2.75, 3.05) is 25.1 Å². The van der Waals surface area contributed by atoms with Crippen molar-refractivity contribution in [3.05, 3.63) is 48.4 Å². The lowest BCUT2D eigenvalue weighted by Gasteiger charge is -2.22. The summed E-state index contributed by atoms with van der Waals surface area (Å²) in [6, 6.07) is 10.5. The first-order valence-electron chi connectivity index (χ1n) is 8.39. The molecule has 0 spiro atoms. The minimum atomic E-state index is -1.31. The van der Waals surface area contributed by atoms with Gasteiger partial charge in [-0.15, -0.1) is 0 Å². The molecule has 0 bridgehead atoms. The molecule has 0 radical (unpaired) electrons. The van der Waals surface area contributed by atoms with Crippen molar-refractivity contribution in [2.24, 2.45) is 5.92 Å². The van der Waals surface area contributed by atoms with Crippen LogP contribution in [-0.4, -0.2) is 37.1 Å². The highest BCUT2D eigenvalue weighted by atomic mass is 16.5. The Bertz CT molecular complexity index is 785. The van der Waals surface area contributed by atoms with Gasteiger partial charge < -0.3 is 24.5 Å². The largest absolute Gasteiger partial charge is 0.497 e. The standard InChI is InChI=1S/C19H22N2O5/c1-19(24,16-7-4-8-26-16)12-20-18(23)13-9-17(22)21(11-13)14-5-3-6-15(10-14)25-2/h3-8,10,13,24H,9,11-12H2,1-2H3,(H,20,23)/t13-,19+/m0/s1. The fourth-order valence-corrected chi connectivity index (χ4v) is 2.99. The highest BCUT2D eigenvalue weighted by Crippen LogP contribution is 2.28. The van der Waals surface area contributed by atoms with Crippen molar-refractivity contribution in [3.8, 4) is 5.75 Å². The smallest absolute Gasteiger partial charge is 0.227 e. The molecular formula is C19H22N2O5. The first-order chi connectivity index (χ1) is 12.4. The SMILES string of the molecule is COc1cccc(N2C[C@@H](C(=O)NC[C@@](C)(O)c3ccco3)CC2=O)c1. The fourth-order valence-electron chi connectivity index (χ4n) is 2.99. The van der Waals surface area contributed by atoms with Crippen molar-refractivity contribution in [1.82, 2.24) is 5.32 Å². The van der Waals surface area contributed by atoms with Crippen LogP contribution in [0.3, 0.4) is 0 Å². The Morgan fingerprint density at radius 2 is 2.23 bits per heavy atom. The maximum Gasteiger partial charge on any atom is 0.227 e. The van der Waals surface area contributed by atoms with Crippen LogP contribution in [0.1, 0.15) is 19.1 Å². The summed E-state index contributed by atoms with van der Waals surface area (Å²) in [6.07, 6.45) is 1.60. The number of nitrogens with one attached hydrogen (secondary N) is 1. The van der Waals surface area contributed by atoms with E-state index in [1.54, 1.807) is 49.3 Å². The summed E-state index contributed by atoms with van der Waals surface area (Å²) in [7, 11) is 1.56. The van der Waals surface area contributed by atoms with E-state index in [9.17, 15) is 14.7 Å². The van der Waals surface area contributed by atoms with Crippen LogP contribution in [0.4, 0.5) is 5.69 Å². The summed E-state index contributed by atoms with van der Waals surface area (Å²) >= 11 is 0. The zero-order valence-corrected chi connectivity index (χ0v) is 14.8. The van der Waals surface area contributed by atoms with Crippen LogP contribution in [0.5, 0.6) is 5.75 Å². The Hall–Kier alpha value is -2.80. The number of benzene rings is 1. The molecular weight excluding hydrogens is 336 g/mol. The van der Waals surface area contributed by atoms with Gasteiger partial charge >= 0.3 is 0 Å². The number of carbonyl (C=O) groups excluding carboxylic acids is 2. The quantitative estimate of drug-likeness (QED) is 0.819. The summed E-state index contributed by atoms with van der Waals surface area (Å²) in [5.41, 5.74) is -0.610. The van der Waals surface area contributed by atoms with Gasteiger partial charge in [0, 0.05) is 24.7 Å². The zero-order chi connectivity index (χ0) is 18.7. The summed E-state index contributed by atoms with van der Waals surface area (Å²) in [6.45, 7) is 1.86. The van der Waals surface area contributed by atoms with Crippen molar-refractivity contribution in [2.45, 2.75) is 18.9 Å². The van der Waals surface area contributed by atoms with E-state index in [-0.39, 0.29) is 24.8 Å². The second-order valence-corrected chi connectivity index (χ2v) is 6.58. The third kappa shape index (κ3) is 3.72. The van der Waals surface area contributed by atoms with Crippen LogP contribution in [-0.2, 0) is 15.2 Å². The Balaban J connectivity index is 1.62. The van der Waals surface area contributed by atoms with Crippen molar-refractivity contribution >= 4 is 17.5 Å². The molecule has 138 valence electrons. The third-order valence-electron chi connectivity index (χ3n) is 4.52. The summed E-state index contributed by atoms with van der Waals surface area (Å²) in [5, 5.41) is 13.1. The predicted molar refractivity (Wildman–Crippen MR) is 94.7 cm³/mol. The predicted octanol–water partition coefficient (Wildman–Crippen LogP) is 1.67. The summed E-state index contributed by atoms with van der Waals surface area (Å²) in [5.74, 6) is 0.170. The Morgan fingerprint density at radius 3 is 2.92 bits per heavy atom. The molecule has 3 rings (SSSR count). The number of nitrogens with zero attached hydrogens (tertiary/aromatic N) is 1. The molecule has 2 N–H and O–H groups in total. The maximum absolute atomic E-state index is 12.5. The molecule has 2 aromatic rings. The van der Waals surface area contributed by atoms with Crippen LogP contribution in [0.15, 0.2) is 47.1 Å². The molecule has 1 aliphatic rings. The minimum Gasteiger partial charge on any atom is -0.497 e. The molecule has 1 saturated heterocycles. The number of aliphatic hydroxyl groups is 1. The lowest BCUT2D eigenvalue weighted by molar-refractivity contribution is -0.127. The number of amides is 2. The van der Waals surface area contributed by atoms with Gasteiger partial charge in [-0.1, -0.05) is 6.07 Å². The van der Waals surface area contributed by atoms with Gasteiger partial charge in [-0.25, -0.2) is 0 Å². The van der Waals surface area contributed by atoms with Crippen molar-refractivity contribution < 1.29 is 23.8 Å². The number of furan rings is 1. The van der Waals surface area contributed by atoms with Gasteiger partial charge in [-0.3, -0.25) is 9.59 Å². The van der Waals surface area contributed by atoms with Gasteiger partial charge in [0.1, 0.15) is 17.1 Å². The first-order valence-corrected chi connectivity index (χ1v) is 8.39. The zero-order valence-electron chi connectivity index (χ0n) is 14.8.